The topological polar surface area (TPSA) is 116 Å². The summed E-state index contributed by atoms with van der Waals surface area (Å²) >= 11 is 1.29. The number of nitrogens with zero attached hydrogens (tertiary/aromatic N) is 2. The van der Waals surface area contributed by atoms with E-state index in [4.69, 9.17) is 9.47 Å². The maximum atomic E-state index is 12.9. The number of esters is 1. The molecule has 0 radical (unpaired) electrons. The van der Waals surface area contributed by atoms with Gasteiger partial charge in [0, 0.05) is 11.3 Å². The fraction of sp³-hybridized carbons (Fsp3) is 0.160. The molecule has 1 amide bonds. The van der Waals surface area contributed by atoms with Crippen LogP contribution >= 0.6 is 11.3 Å². The second-order valence-electron chi connectivity index (χ2n) is 7.79. The van der Waals surface area contributed by atoms with Gasteiger partial charge in [0.05, 0.1) is 29.3 Å². The SMILES string of the molecule is COC(=O)Cn1c(=NC(=O)c2ccc(NS(=O)(=O)c3ccc(OC)cc3)cc2)sc2cc(C)ccc21. The van der Waals surface area contributed by atoms with Crippen LogP contribution in [0.25, 0.3) is 10.2 Å². The number of rotatable bonds is 7. The standard InChI is InChI=1S/C25H23N3O6S2/c1-16-4-13-21-22(14-16)35-25(28(21)15-23(29)34-3)26-24(30)17-5-7-18(8-6-17)27-36(31,32)20-11-9-19(33-2)10-12-20/h4-14,27H,15H2,1-3H3. The zero-order chi connectivity index (χ0) is 25.9. The molecule has 0 fully saturated rings. The summed E-state index contributed by atoms with van der Waals surface area (Å²) in [6, 6.07) is 17.7. The van der Waals surface area contributed by atoms with Crippen LogP contribution in [-0.4, -0.2) is 39.1 Å². The van der Waals surface area contributed by atoms with Crippen molar-refractivity contribution in [2.75, 3.05) is 18.9 Å². The normalized spacial score (nSPS) is 11.9. The van der Waals surface area contributed by atoms with Gasteiger partial charge in [-0.3, -0.25) is 14.3 Å². The lowest BCUT2D eigenvalue weighted by molar-refractivity contribution is -0.141. The highest BCUT2D eigenvalue weighted by Crippen LogP contribution is 2.21. The molecule has 1 aromatic heterocycles. The number of thiazole rings is 1. The largest absolute Gasteiger partial charge is 0.497 e. The lowest BCUT2D eigenvalue weighted by atomic mass is 10.2. The molecule has 0 saturated heterocycles. The third-order valence-corrected chi connectivity index (χ3v) is 7.74. The van der Waals surface area contributed by atoms with E-state index in [1.165, 1.54) is 62.0 Å². The van der Waals surface area contributed by atoms with Gasteiger partial charge >= 0.3 is 5.97 Å². The van der Waals surface area contributed by atoms with Crippen LogP contribution < -0.4 is 14.3 Å². The Morgan fingerprint density at radius 1 is 1.00 bits per heavy atom. The molecule has 0 aliphatic carbocycles. The third kappa shape index (κ3) is 5.47. The van der Waals surface area contributed by atoms with Gasteiger partial charge < -0.3 is 14.0 Å². The summed E-state index contributed by atoms with van der Waals surface area (Å²) in [5.74, 6) is -0.443. The molecule has 0 atom stereocenters. The number of aryl methyl sites for hydroxylation is 1. The number of fused-ring (bicyclic) bond motifs is 1. The monoisotopic (exact) mass is 525 g/mol. The van der Waals surface area contributed by atoms with E-state index >= 15 is 0 Å². The van der Waals surface area contributed by atoms with E-state index in [0.717, 1.165) is 15.8 Å². The molecule has 4 rings (SSSR count). The molecule has 0 saturated carbocycles. The van der Waals surface area contributed by atoms with Crippen molar-refractivity contribution in [2.24, 2.45) is 4.99 Å². The number of carbonyl (C=O) groups excluding carboxylic acids is 2. The Morgan fingerprint density at radius 2 is 1.69 bits per heavy atom. The molecular weight excluding hydrogens is 502 g/mol. The molecular formula is C25H23N3O6S2. The molecule has 0 aliphatic rings. The van der Waals surface area contributed by atoms with Gasteiger partial charge in [0.1, 0.15) is 12.3 Å². The molecule has 1 heterocycles. The van der Waals surface area contributed by atoms with E-state index in [-0.39, 0.29) is 17.0 Å². The minimum absolute atomic E-state index is 0.0774. The number of amides is 1. The summed E-state index contributed by atoms with van der Waals surface area (Å²) in [5, 5.41) is 0. The van der Waals surface area contributed by atoms with E-state index in [9.17, 15) is 18.0 Å². The minimum atomic E-state index is -3.82. The summed E-state index contributed by atoms with van der Waals surface area (Å²) in [6.07, 6.45) is 0. The number of nitrogens with one attached hydrogen (secondary N) is 1. The van der Waals surface area contributed by atoms with Crippen LogP contribution in [0, 0.1) is 6.92 Å². The summed E-state index contributed by atoms with van der Waals surface area (Å²) in [7, 11) is -1.02. The highest BCUT2D eigenvalue weighted by Gasteiger charge is 2.16. The average molecular weight is 526 g/mol. The van der Waals surface area contributed by atoms with Gasteiger partial charge in [-0.2, -0.15) is 4.99 Å². The summed E-state index contributed by atoms with van der Waals surface area (Å²) in [6.45, 7) is 1.87. The molecule has 0 aliphatic heterocycles. The van der Waals surface area contributed by atoms with Gasteiger partial charge in [-0.25, -0.2) is 8.42 Å². The molecule has 3 aromatic carbocycles. The maximum Gasteiger partial charge on any atom is 0.325 e. The first-order valence-corrected chi connectivity index (χ1v) is 13.0. The van der Waals surface area contributed by atoms with Gasteiger partial charge in [-0.1, -0.05) is 17.4 Å². The van der Waals surface area contributed by atoms with E-state index in [1.807, 2.05) is 25.1 Å². The van der Waals surface area contributed by atoms with E-state index in [1.54, 1.807) is 16.7 Å². The first-order valence-electron chi connectivity index (χ1n) is 10.7. The fourth-order valence-electron chi connectivity index (χ4n) is 3.41. The number of sulfonamides is 1. The van der Waals surface area contributed by atoms with Crippen molar-refractivity contribution < 1.29 is 27.5 Å². The summed E-state index contributed by atoms with van der Waals surface area (Å²) < 4.78 is 40.1. The maximum absolute atomic E-state index is 12.9. The zero-order valence-corrected chi connectivity index (χ0v) is 21.4. The third-order valence-electron chi connectivity index (χ3n) is 5.30. The number of hydrogen-bond acceptors (Lipinski definition) is 7. The first kappa shape index (κ1) is 25.1. The van der Waals surface area contributed by atoms with Gasteiger partial charge in [0.2, 0.25) is 0 Å². The molecule has 11 heteroatoms. The van der Waals surface area contributed by atoms with Crippen LogP contribution in [-0.2, 0) is 26.1 Å². The summed E-state index contributed by atoms with van der Waals surface area (Å²) in [4.78, 5) is 29.5. The Balaban J connectivity index is 1.60. The fourth-order valence-corrected chi connectivity index (χ4v) is 5.60. The summed E-state index contributed by atoms with van der Waals surface area (Å²) in [5.41, 5.74) is 2.37. The lowest BCUT2D eigenvalue weighted by Gasteiger charge is -2.09. The first-order chi connectivity index (χ1) is 17.2. The molecule has 4 aromatic rings. The van der Waals surface area contributed by atoms with Crippen LogP contribution in [0.3, 0.4) is 0 Å². The quantitative estimate of drug-likeness (QED) is 0.368. The van der Waals surface area contributed by atoms with E-state index in [0.29, 0.717) is 16.2 Å². The van der Waals surface area contributed by atoms with Gasteiger partial charge in [0.15, 0.2) is 4.80 Å². The van der Waals surface area contributed by atoms with Crippen molar-refractivity contribution in [3.05, 3.63) is 82.7 Å². The molecule has 0 unspecified atom stereocenters. The smallest absolute Gasteiger partial charge is 0.325 e. The van der Waals surface area contributed by atoms with Crippen molar-refractivity contribution >= 4 is 49.1 Å². The van der Waals surface area contributed by atoms with Crippen LogP contribution in [0.4, 0.5) is 5.69 Å². The highest BCUT2D eigenvalue weighted by molar-refractivity contribution is 7.92. The second kappa shape index (κ2) is 10.3. The molecule has 1 N–H and O–H groups in total. The van der Waals surface area contributed by atoms with Gasteiger partial charge in [0.25, 0.3) is 15.9 Å². The molecule has 0 spiro atoms. The van der Waals surface area contributed by atoms with Crippen molar-refractivity contribution in [2.45, 2.75) is 18.4 Å². The van der Waals surface area contributed by atoms with Crippen molar-refractivity contribution in [1.29, 1.82) is 0 Å². The molecule has 36 heavy (non-hydrogen) atoms. The average Bonchev–Trinajstić information content (AvgIpc) is 3.19. The van der Waals surface area contributed by atoms with E-state index in [2.05, 4.69) is 9.71 Å². The van der Waals surface area contributed by atoms with Crippen LogP contribution in [0.1, 0.15) is 15.9 Å². The predicted octanol–water partition coefficient (Wildman–Crippen LogP) is 3.73. The molecule has 186 valence electrons. The number of anilines is 1. The van der Waals surface area contributed by atoms with Crippen molar-refractivity contribution in [3.8, 4) is 5.75 Å². The second-order valence-corrected chi connectivity index (χ2v) is 10.5. The zero-order valence-electron chi connectivity index (χ0n) is 19.7. The lowest BCUT2D eigenvalue weighted by Crippen LogP contribution is -2.22. The number of benzene rings is 3. The van der Waals surface area contributed by atoms with Crippen LogP contribution in [0.2, 0.25) is 0 Å². The number of carbonyl (C=O) groups is 2. The van der Waals surface area contributed by atoms with Crippen molar-refractivity contribution in [3.63, 3.8) is 0 Å². The Morgan fingerprint density at radius 3 is 2.33 bits per heavy atom. The Kier molecular flexibility index (Phi) is 7.22. The predicted molar refractivity (Wildman–Crippen MR) is 137 cm³/mol. The number of methoxy groups -OCH3 is 2. The number of ether oxygens (including phenoxy) is 2. The Bertz CT molecular complexity index is 1600. The van der Waals surface area contributed by atoms with Crippen LogP contribution in [0.5, 0.6) is 5.75 Å². The highest BCUT2D eigenvalue weighted by atomic mass is 32.2. The van der Waals surface area contributed by atoms with Crippen molar-refractivity contribution in [1.82, 2.24) is 4.57 Å². The Labute approximate surface area is 211 Å². The molecule has 9 nitrogen and oxygen atoms in total. The van der Waals surface area contributed by atoms with Gasteiger partial charge in [-0.05, 0) is 73.2 Å². The van der Waals surface area contributed by atoms with Crippen LogP contribution in [0.15, 0.2) is 76.6 Å². The van der Waals surface area contributed by atoms with Gasteiger partial charge in [-0.15, -0.1) is 0 Å². The number of hydrogen-bond donors (Lipinski definition) is 1. The minimum Gasteiger partial charge on any atom is -0.497 e. The molecule has 0 bridgehead atoms. The number of aromatic nitrogens is 1. The Hall–Kier alpha value is -3.96. The van der Waals surface area contributed by atoms with E-state index < -0.39 is 21.9 Å².